The second kappa shape index (κ2) is 6.90. The van der Waals surface area contributed by atoms with Crippen LogP contribution in [0.4, 0.5) is 0 Å². The van der Waals surface area contributed by atoms with E-state index in [0.717, 1.165) is 23.5 Å². The summed E-state index contributed by atoms with van der Waals surface area (Å²) in [6.45, 7) is 3.82. The van der Waals surface area contributed by atoms with Crippen molar-refractivity contribution in [3.8, 4) is 0 Å². The molecule has 1 aliphatic rings. The molecule has 0 N–H and O–H groups in total. The maximum Gasteiger partial charge on any atom is 0.332 e. The van der Waals surface area contributed by atoms with Gasteiger partial charge in [0.1, 0.15) is 5.82 Å². The zero-order valence-electron chi connectivity index (χ0n) is 14.6. The number of methoxy groups -OCH3 is 1. The van der Waals surface area contributed by atoms with Gasteiger partial charge in [-0.05, 0) is 25.9 Å². The van der Waals surface area contributed by atoms with Crippen molar-refractivity contribution >= 4 is 11.2 Å². The van der Waals surface area contributed by atoms with Crippen molar-refractivity contribution in [2.24, 2.45) is 14.1 Å². The van der Waals surface area contributed by atoms with Gasteiger partial charge in [-0.15, -0.1) is 0 Å². The van der Waals surface area contributed by atoms with E-state index in [-0.39, 0.29) is 11.2 Å². The van der Waals surface area contributed by atoms with Crippen molar-refractivity contribution in [2.45, 2.75) is 32.4 Å². The highest BCUT2D eigenvalue weighted by molar-refractivity contribution is 5.71. The monoisotopic (exact) mass is 335 g/mol. The standard InChI is InChI=1S/C16H25N5O3/c1-18-14-13(15(22)19(2)16(18)23)21(9-10-24-3)12(17-14)11-20-7-5-4-6-8-20/h4-11H2,1-3H3. The highest BCUT2D eigenvalue weighted by Crippen LogP contribution is 2.16. The number of nitrogens with zero attached hydrogens (tertiary/aromatic N) is 5. The van der Waals surface area contributed by atoms with Gasteiger partial charge in [-0.2, -0.15) is 0 Å². The molecular weight excluding hydrogens is 310 g/mol. The Morgan fingerprint density at radius 2 is 1.79 bits per heavy atom. The van der Waals surface area contributed by atoms with Gasteiger partial charge in [-0.25, -0.2) is 9.78 Å². The minimum absolute atomic E-state index is 0.304. The van der Waals surface area contributed by atoms with Crippen LogP contribution in [0.5, 0.6) is 0 Å². The normalized spacial score (nSPS) is 16.1. The lowest BCUT2D eigenvalue weighted by Gasteiger charge is -2.26. The number of imidazole rings is 1. The topological polar surface area (TPSA) is 74.3 Å². The summed E-state index contributed by atoms with van der Waals surface area (Å²) in [5, 5.41) is 0. The molecule has 0 atom stereocenters. The Hall–Kier alpha value is -1.93. The molecule has 0 saturated carbocycles. The maximum atomic E-state index is 12.6. The van der Waals surface area contributed by atoms with E-state index in [9.17, 15) is 9.59 Å². The molecular formula is C16H25N5O3. The third-order valence-electron chi connectivity index (χ3n) is 4.76. The predicted molar refractivity (Wildman–Crippen MR) is 91.2 cm³/mol. The van der Waals surface area contributed by atoms with Crippen molar-refractivity contribution < 1.29 is 4.74 Å². The Labute approximate surface area is 140 Å². The summed E-state index contributed by atoms with van der Waals surface area (Å²) in [6, 6.07) is 0. The first-order valence-electron chi connectivity index (χ1n) is 8.41. The molecule has 0 aliphatic carbocycles. The average Bonchev–Trinajstić information content (AvgIpc) is 2.95. The van der Waals surface area contributed by atoms with Crippen molar-refractivity contribution in [2.75, 3.05) is 26.8 Å². The molecule has 0 unspecified atom stereocenters. The Kier molecular flexibility index (Phi) is 4.86. The van der Waals surface area contributed by atoms with E-state index in [1.54, 1.807) is 14.2 Å². The van der Waals surface area contributed by atoms with Gasteiger partial charge in [0, 0.05) is 27.7 Å². The summed E-state index contributed by atoms with van der Waals surface area (Å²) >= 11 is 0. The molecule has 0 radical (unpaired) electrons. The largest absolute Gasteiger partial charge is 0.383 e. The smallest absolute Gasteiger partial charge is 0.332 e. The molecule has 1 aliphatic heterocycles. The Morgan fingerprint density at radius 3 is 2.46 bits per heavy atom. The van der Waals surface area contributed by atoms with E-state index in [0.29, 0.717) is 30.9 Å². The molecule has 1 saturated heterocycles. The summed E-state index contributed by atoms with van der Waals surface area (Å²) in [5.74, 6) is 0.822. The third kappa shape index (κ3) is 2.91. The van der Waals surface area contributed by atoms with Crippen LogP contribution in [0.2, 0.25) is 0 Å². The van der Waals surface area contributed by atoms with Crippen LogP contribution in [-0.4, -0.2) is 50.4 Å². The SMILES string of the molecule is COCCn1c(CN2CCCCC2)nc2c1c(=O)n(C)c(=O)n2C. The average molecular weight is 335 g/mol. The van der Waals surface area contributed by atoms with Gasteiger partial charge in [0.2, 0.25) is 0 Å². The fraction of sp³-hybridized carbons (Fsp3) is 0.688. The van der Waals surface area contributed by atoms with Crippen molar-refractivity contribution in [1.82, 2.24) is 23.6 Å². The Bertz CT molecular complexity index is 842. The number of hydrogen-bond acceptors (Lipinski definition) is 5. The number of fused-ring (bicyclic) bond motifs is 1. The Balaban J connectivity index is 2.13. The third-order valence-corrected chi connectivity index (χ3v) is 4.76. The van der Waals surface area contributed by atoms with Gasteiger partial charge in [-0.1, -0.05) is 6.42 Å². The first-order valence-corrected chi connectivity index (χ1v) is 8.41. The van der Waals surface area contributed by atoms with Gasteiger partial charge in [0.05, 0.1) is 13.2 Å². The molecule has 0 bridgehead atoms. The predicted octanol–water partition coefficient (Wildman–Crippen LogP) is 0.0660. The second-order valence-corrected chi connectivity index (χ2v) is 6.39. The van der Waals surface area contributed by atoms with Gasteiger partial charge < -0.3 is 9.30 Å². The Morgan fingerprint density at radius 1 is 1.08 bits per heavy atom. The molecule has 8 heteroatoms. The molecule has 24 heavy (non-hydrogen) atoms. The van der Waals surface area contributed by atoms with E-state index in [4.69, 9.17) is 4.74 Å². The zero-order chi connectivity index (χ0) is 17.3. The minimum Gasteiger partial charge on any atom is -0.383 e. The molecule has 3 heterocycles. The molecule has 3 rings (SSSR count). The van der Waals surface area contributed by atoms with Crippen molar-refractivity contribution in [3.63, 3.8) is 0 Å². The summed E-state index contributed by atoms with van der Waals surface area (Å²) in [4.78, 5) is 31.8. The van der Waals surface area contributed by atoms with E-state index in [1.165, 1.54) is 30.9 Å². The molecule has 0 spiro atoms. The quantitative estimate of drug-likeness (QED) is 0.773. The fourth-order valence-electron chi connectivity index (χ4n) is 3.35. The lowest BCUT2D eigenvalue weighted by atomic mass is 10.1. The number of rotatable bonds is 5. The number of ether oxygens (including phenoxy) is 1. The molecule has 2 aromatic heterocycles. The number of hydrogen-bond donors (Lipinski definition) is 0. The van der Waals surface area contributed by atoms with E-state index < -0.39 is 0 Å². The van der Waals surface area contributed by atoms with Crippen LogP contribution in [0.1, 0.15) is 25.1 Å². The van der Waals surface area contributed by atoms with Crippen molar-refractivity contribution in [3.05, 3.63) is 26.7 Å². The lowest BCUT2D eigenvalue weighted by Crippen LogP contribution is -2.37. The van der Waals surface area contributed by atoms with Gasteiger partial charge in [0.25, 0.3) is 5.56 Å². The number of piperidine rings is 1. The lowest BCUT2D eigenvalue weighted by molar-refractivity contribution is 0.182. The molecule has 0 aromatic carbocycles. The molecule has 132 valence electrons. The van der Waals surface area contributed by atoms with Crippen LogP contribution in [-0.2, 0) is 31.9 Å². The minimum atomic E-state index is -0.353. The summed E-state index contributed by atoms with van der Waals surface area (Å²) < 4.78 is 9.69. The van der Waals surface area contributed by atoms with Gasteiger partial charge in [-0.3, -0.25) is 18.8 Å². The van der Waals surface area contributed by atoms with Crippen LogP contribution in [0.3, 0.4) is 0 Å². The van der Waals surface area contributed by atoms with Crippen LogP contribution >= 0.6 is 0 Å². The maximum absolute atomic E-state index is 12.6. The van der Waals surface area contributed by atoms with E-state index in [2.05, 4.69) is 9.88 Å². The first-order chi connectivity index (χ1) is 11.5. The van der Waals surface area contributed by atoms with Crippen LogP contribution in [0.25, 0.3) is 11.2 Å². The zero-order valence-corrected chi connectivity index (χ0v) is 14.6. The number of likely N-dealkylation sites (tertiary alicyclic amines) is 1. The van der Waals surface area contributed by atoms with Crippen LogP contribution in [0, 0.1) is 0 Å². The fourth-order valence-corrected chi connectivity index (χ4v) is 3.35. The van der Waals surface area contributed by atoms with Crippen LogP contribution < -0.4 is 11.2 Å². The number of aryl methyl sites for hydroxylation is 1. The second-order valence-electron chi connectivity index (χ2n) is 6.39. The van der Waals surface area contributed by atoms with Crippen molar-refractivity contribution in [1.29, 1.82) is 0 Å². The van der Waals surface area contributed by atoms with Crippen LogP contribution in [0.15, 0.2) is 9.59 Å². The molecule has 8 nitrogen and oxygen atoms in total. The summed E-state index contributed by atoms with van der Waals surface area (Å²) in [6.07, 6.45) is 3.66. The highest BCUT2D eigenvalue weighted by atomic mass is 16.5. The molecule has 0 amide bonds. The van der Waals surface area contributed by atoms with E-state index >= 15 is 0 Å². The molecule has 1 fully saturated rings. The molecule has 2 aromatic rings. The number of aromatic nitrogens is 4. The van der Waals surface area contributed by atoms with Gasteiger partial charge in [0.15, 0.2) is 11.2 Å². The van der Waals surface area contributed by atoms with Gasteiger partial charge >= 0.3 is 5.69 Å². The summed E-state index contributed by atoms with van der Waals surface area (Å²) in [7, 11) is 4.79. The highest BCUT2D eigenvalue weighted by Gasteiger charge is 2.21. The summed E-state index contributed by atoms with van der Waals surface area (Å²) in [5.41, 5.74) is 0.268. The van der Waals surface area contributed by atoms with E-state index in [1.807, 2.05) is 4.57 Å². The first kappa shape index (κ1) is 16.9.